The number of amides is 2. The van der Waals surface area contributed by atoms with Gasteiger partial charge in [-0.15, -0.1) is 0 Å². The number of hydrogen-bond acceptors (Lipinski definition) is 3. The molecule has 1 aliphatic rings. The van der Waals surface area contributed by atoms with Gasteiger partial charge >= 0.3 is 11.8 Å². The molecular weight excluding hydrogens is 238 g/mol. The number of piperazine rings is 1. The van der Waals surface area contributed by atoms with Crippen LogP contribution >= 0.6 is 12.2 Å². The molecule has 1 rings (SSSR count). The van der Waals surface area contributed by atoms with Gasteiger partial charge in [-0.3, -0.25) is 9.59 Å². The van der Waals surface area contributed by atoms with E-state index < -0.39 is 0 Å². The van der Waals surface area contributed by atoms with Crippen molar-refractivity contribution in [1.29, 1.82) is 0 Å². The predicted molar refractivity (Wildman–Crippen MR) is 69.5 cm³/mol. The standard InChI is InChI=1S/C11H19N3O2S/c1-2-13-7-8-14(11(16)10(13)15)6-4-3-5-9(12)17/h2-8H2,1H3,(H2,12,17). The third-order valence-electron chi connectivity index (χ3n) is 2.88. The molecule has 96 valence electrons. The van der Waals surface area contributed by atoms with Gasteiger partial charge in [-0.25, -0.2) is 0 Å². The smallest absolute Gasteiger partial charge is 0.312 e. The predicted octanol–water partition coefficient (Wildman–Crippen LogP) is 0.134. The molecule has 0 aromatic carbocycles. The Balaban J connectivity index is 2.33. The van der Waals surface area contributed by atoms with Crippen LogP contribution in [0.5, 0.6) is 0 Å². The summed E-state index contributed by atoms with van der Waals surface area (Å²) in [6.45, 7) is 4.36. The summed E-state index contributed by atoms with van der Waals surface area (Å²) in [5, 5.41) is 0. The molecular formula is C11H19N3O2S. The lowest BCUT2D eigenvalue weighted by Gasteiger charge is -2.33. The highest BCUT2D eigenvalue weighted by Crippen LogP contribution is 2.07. The molecule has 0 unspecified atom stereocenters. The van der Waals surface area contributed by atoms with Crippen LogP contribution in [0.3, 0.4) is 0 Å². The van der Waals surface area contributed by atoms with Gasteiger partial charge < -0.3 is 15.5 Å². The van der Waals surface area contributed by atoms with E-state index in [9.17, 15) is 9.59 Å². The fraction of sp³-hybridized carbons (Fsp3) is 0.727. The summed E-state index contributed by atoms with van der Waals surface area (Å²) in [5.74, 6) is -0.762. The molecule has 0 atom stereocenters. The first kappa shape index (κ1) is 13.9. The SMILES string of the molecule is CCN1CCN(CCCCC(N)=S)C(=O)C1=O. The molecule has 0 aromatic heterocycles. The Morgan fingerprint density at radius 3 is 2.41 bits per heavy atom. The molecule has 0 bridgehead atoms. The number of thiocarbonyl (C=S) groups is 1. The summed E-state index contributed by atoms with van der Waals surface area (Å²) in [5.41, 5.74) is 5.39. The summed E-state index contributed by atoms with van der Waals surface area (Å²) < 4.78 is 0. The Bertz CT molecular complexity index is 320. The lowest BCUT2D eigenvalue weighted by atomic mass is 10.2. The molecule has 1 aliphatic heterocycles. The van der Waals surface area contributed by atoms with Crippen LogP contribution in [0.4, 0.5) is 0 Å². The minimum atomic E-state index is -0.381. The number of carbonyl (C=O) groups excluding carboxylic acids is 2. The Kier molecular flexibility index (Phi) is 5.34. The highest BCUT2D eigenvalue weighted by Gasteiger charge is 2.30. The van der Waals surface area contributed by atoms with Gasteiger partial charge in [-0.2, -0.15) is 0 Å². The Labute approximate surface area is 107 Å². The maximum absolute atomic E-state index is 11.7. The number of hydrogen-bond donors (Lipinski definition) is 1. The van der Waals surface area contributed by atoms with Crippen molar-refractivity contribution in [1.82, 2.24) is 9.80 Å². The molecule has 17 heavy (non-hydrogen) atoms. The van der Waals surface area contributed by atoms with Crippen molar-refractivity contribution in [2.45, 2.75) is 26.2 Å². The first-order valence-electron chi connectivity index (χ1n) is 5.92. The van der Waals surface area contributed by atoms with Crippen LogP contribution in [0.2, 0.25) is 0 Å². The summed E-state index contributed by atoms with van der Waals surface area (Å²) >= 11 is 4.77. The van der Waals surface area contributed by atoms with Crippen LogP contribution in [-0.4, -0.2) is 52.8 Å². The van der Waals surface area contributed by atoms with E-state index in [4.69, 9.17) is 18.0 Å². The van der Waals surface area contributed by atoms with Gasteiger partial charge in [0.15, 0.2) is 0 Å². The fourth-order valence-electron chi connectivity index (χ4n) is 1.83. The van der Waals surface area contributed by atoms with Crippen molar-refractivity contribution >= 4 is 29.0 Å². The van der Waals surface area contributed by atoms with Crippen LogP contribution in [0, 0.1) is 0 Å². The van der Waals surface area contributed by atoms with Gasteiger partial charge in [0.1, 0.15) is 0 Å². The van der Waals surface area contributed by atoms with E-state index in [1.165, 1.54) is 0 Å². The van der Waals surface area contributed by atoms with E-state index >= 15 is 0 Å². The number of nitrogens with zero attached hydrogens (tertiary/aromatic N) is 2. The fourth-order valence-corrected chi connectivity index (χ4v) is 1.98. The van der Waals surface area contributed by atoms with Crippen LogP contribution < -0.4 is 5.73 Å². The van der Waals surface area contributed by atoms with Gasteiger partial charge in [0.25, 0.3) is 0 Å². The molecule has 0 aliphatic carbocycles. The van der Waals surface area contributed by atoms with E-state index in [-0.39, 0.29) is 11.8 Å². The Morgan fingerprint density at radius 1 is 1.24 bits per heavy atom. The molecule has 0 radical (unpaired) electrons. The zero-order chi connectivity index (χ0) is 12.8. The van der Waals surface area contributed by atoms with E-state index in [0.717, 1.165) is 12.8 Å². The lowest BCUT2D eigenvalue weighted by Crippen LogP contribution is -2.54. The Hall–Kier alpha value is -1.17. The molecule has 6 heteroatoms. The van der Waals surface area contributed by atoms with E-state index in [2.05, 4.69) is 0 Å². The largest absolute Gasteiger partial charge is 0.393 e. The molecule has 0 saturated carbocycles. The van der Waals surface area contributed by atoms with Crippen molar-refractivity contribution < 1.29 is 9.59 Å². The van der Waals surface area contributed by atoms with E-state index in [0.29, 0.717) is 37.6 Å². The second kappa shape index (κ2) is 6.54. The molecule has 1 saturated heterocycles. The van der Waals surface area contributed by atoms with Crippen molar-refractivity contribution in [3.05, 3.63) is 0 Å². The molecule has 0 spiro atoms. The average molecular weight is 257 g/mol. The molecule has 1 fully saturated rings. The lowest BCUT2D eigenvalue weighted by molar-refractivity contribution is -0.155. The second-order valence-corrected chi connectivity index (χ2v) is 4.62. The highest BCUT2D eigenvalue weighted by atomic mass is 32.1. The summed E-state index contributed by atoms with van der Waals surface area (Å²) in [4.78, 5) is 27.0. The van der Waals surface area contributed by atoms with Crippen molar-refractivity contribution in [2.24, 2.45) is 5.73 Å². The van der Waals surface area contributed by atoms with E-state index in [1.54, 1.807) is 9.80 Å². The number of carbonyl (C=O) groups is 2. The highest BCUT2D eigenvalue weighted by molar-refractivity contribution is 7.80. The zero-order valence-corrected chi connectivity index (χ0v) is 11.0. The number of nitrogens with two attached hydrogens (primary N) is 1. The number of rotatable bonds is 6. The van der Waals surface area contributed by atoms with E-state index in [1.807, 2.05) is 6.92 Å². The molecule has 0 aromatic rings. The summed E-state index contributed by atoms with van der Waals surface area (Å²) in [7, 11) is 0. The summed E-state index contributed by atoms with van der Waals surface area (Å²) in [6, 6.07) is 0. The molecule has 2 amide bonds. The number of unbranched alkanes of at least 4 members (excludes halogenated alkanes) is 1. The normalized spacial score (nSPS) is 16.5. The monoisotopic (exact) mass is 257 g/mol. The van der Waals surface area contributed by atoms with Gasteiger partial charge in [-0.05, 0) is 26.2 Å². The topological polar surface area (TPSA) is 66.6 Å². The zero-order valence-electron chi connectivity index (χ0n) is 10.1. The maximum Gasteiger partial charge on any atom is 0.312 e. The number of likely N-dealkylation sites (N-methyl/N-ethyl adjacent to an activating group) is 1. The van der Waals surface area contributed by atoms with Gasteiger partial charge in [0, 0.05) is 26.2 Å². The van der Waals surface area contributed by atoms with Gasteiger partial charge in [0.2, 0.25) is 0 Å². The molecule has 5 nitrogen and oxygen atoms in total. The quantitative estimate of drug-likeness (QED) is 0.417. The average Bonchev–Trinajstić information content (AvgIpc) is 2.29. The first-order chi connectivity index (χ1) is 8.06. The van der Waals surface area contributed by atoms with Gasteiger partial charge in [-0.1, -0.05) is 12.2 Å². The van der Waals surface area contributed by atoms with Crippen LogP contribution in [0.1, 0.15) is 26.2 Å². The van der Waals surface area contributed by atoms with Crippen molar-refractivity contribution in [3.63, 3.8) is 0 Å². The van der Waals surface area contributed by atoms with Crippen molar-refractivity contribution in [3.8, 4) is 0 Å². The molecule has 1 heterocycles. The first-order valence-corrected chi connectivity index (χ1v) is 6.33. The third kappa shape index (κ3) is 3.96. The maximum atomic E-state index is 11.7. The van der Waals surface area contributed by atoms with Crippen LogP contribution in [-0.2, 0) is 9.59 Å². The van der Waals surface area contributed by atoms with Crippen LogP contribution in [0.15, 0.2) is 0 Å². The minimum absolute atomic E-state index is 0.381. The summed E-state index contributed by atoms with van der Waals surface area (Å²) in [6.07, 6.45) is 2.40. The second-order valence-electron chi connectivity index (χ2n) is 4.10. The van der Waals surface area contributed by atoms with Gasteiger partial charge in [0.05, 0.1) is 4.99 Å². The molecule has 2 N–H and O–H groups in total. The van der Waals surface area contributed by atoms with Crippen LogP contribution in [0.25, 0.3) is 0 Å². The minimum Gasteiger partial charge on any atom is -0.393 e. The third-order valence-corrected chi connectivity index (χ3v) is 3.08. The Morgan fingerprint density at radius 2 is 1.82 bits per heavy atom. The van der Waals surface area contributed by atoms with Crippen molar-refractivity contribution in [2.75, 3.05) is 26.2 Å².